The molecule has 0 spiro atoms. The van der Waals surface area contributed by atoms with E-state index in [1.807, 2.05) is 0 Å². The molecule has 136 valence electrons. The number of hydrogen-bond donors (Lipinski definition) is 1. The summed E-state index contributed by atoms with van der Waals surface area (Å²) in [5.74, 6) is -1.42. The average molecular weight is 350 g/mol. The van der Waals surface area contributed by atoms with Gasteiger partial charge in [-0.05, 0) is 26.8 Å². The van der Waals surface area contributed by atoms with Gasteiger partial charge in [0, 0.05) is 6.92 Å². The number of carbonyl (C=O) groups excluding carboxylic acids is 2. The summed E-state index contributed by atoms with van der Waals surface area (Å²) in [5, 5.41) is 0. The van der Waals surface area contributed by atoms with Crippen molar-refractivity contribution in [1.82, 2.24) is 4.90 Å². The topological polar surface area (TPSA) is 81.9 Å². The first-order chi connectivity index (χ1) is 10.7. The molecule has 0 aromatic carbocycles. The van der Waals surface area contributed by atoms with E-state index in [2.05, 4.69) is 4.74 Å². The van der Waals surface area contributed by atoms with Crippen LogP contribution in [0.15, 0.2) is 24.3 Å². The summed E-state index contributed by atoms with van der Waals surface area (Å²) >= 11 is 0. The second-order valence-electron chi connectivity index (χ2n) is 6.32. The van der Waals surface area contributed by atoms with Crippen molar-refractivity contribution in [3.63, 3.8) is 0 Å². The van der Waals surface area contributed by atoms with E-state index in [-0.39, 0.29) is 0 Å². The highest BCUT2D eigenvalue weighted by atomic mass is 19.4. The van der Waals surface area contributed by atoms with Crippen molar-refractivity contribution in [2.45, 2.75) is 51.4 Å². The van der Waals surface area contributed by atoms with Gasteiger partial charge in [0.15, 0.2) is 5.72 Å². The Morgan fingerprint density at radius 1 is 1.25 bits per heavy atom. The Morgan fingerprint density at radius 3 is 2.29 bits per heavy atom. The normalized spacial score (nSPS) is 23.9. The second kappa shape index (κ2) is 6.94. The van der Waals surface area contributed by atoms with Crippen LogP contribution in [0.4, 0.5) is 13.2 Å². The molecule has 6 nitrogen and oxygen atoms in total. The van der Waals surface area contributed by atoms with Crippen molar-refractivity contribution in [2.75, 3.05) is 6.54 Å². The molecule has 0 aliphatic heterocycles. The summed E-state index contributed by atoms with van der Waals surface area (Å²) in [6.45, 7) is 5.45. The summed E-state index contributed by atoms with van der Waals surface area (Å²) in [5.41, 5.74) is 2.56. The number of carbonyl (C=O) groups is 2. The zero-order valence-corrected chi connectivity index (χ0v) is 13.9. The Balaban J connectivity index is 3.05. The zero-order valence-electron chi connectivity index (χ0n) is 13.9. The number of nitrogens with two attached hydrogens (primary N) is 1. The number of ether oxygens (including phenoxy) is 2. The van der Waals surface area contributed by atoms with Gasteiger partial charge in [0.1, 0.15) is 12.1 Å². The van der Waals surface area contributed by atoms with E-state index >= 15 is 0 Å². The smallest absolute Gasteiger partial charge is 0.459 e. The molecule has 0 fully saturated rings. The Kier molecular flexibility index (Phi) is 5.83. The Labute approximate surface area is 138 Å². The summed E-state index contributed by atoms with van der Waals surface area (Å²) in [7, 11) is 0. The van der Waals surface area contributed by atoms with Gasteiger partial charge in [-0.3, -0.25) is 20.1 Å². The SMILES string of the molecule is CC(=O)N(CC(=O)OC(C)(C)C)C1C=CC=CC1(N)OC(F)(F)F. The van der Waals surface area contributed by atoms with Crippen molar-refractivity contribution >= 4 is 11.9 Å². The Bertz CT molecular complexity index is 552. The van der Waals surface area contributed by atoms with Crippen LogP contribution in [0.1, 0.15) is 27.7 Å². The molecule has 0 bridgehead atoms. The van der Waals surface area contributed by atoms with Gasteiger partial charge >= 0.3 is 12.3 Å². The van der Waals surface area contributed by atoms with Gasteiger partial charge in [0.2, 0.25) is 5.91 Å². The third kappa shape index (κ3) is 5.97. The van der Waals surface area contributed by atoms with Gasteiger partial charge in [-0.15, -0.1) is 13.2 Å². The molecule has 0 saturated heterocycles. The summed E-state index contributed by atoms with van der Waals surface area (Å²) in [6, 6.07) is -1.32. The average Bonchev–Trinajstić information content (AvgIpc) is 2.31. The minimum atomic E-state index is -5.02. The lowest BCUT2D eigenvalue weighted by Crippen LogP contribution is -2.62. The van der Waals surface area contributed by atoms with Gasteiger partial charge < -0.3 is 9.64 Å². The lowest BCUT2D eigenvalue weighted by atomic mass is 9.97. The lowest BCUT2D eigenvalue weighted by Gasteiger charge is -2.41. The van der Waals surface area contributed by atoms with E-state index in [0.29, 0.717) is 0 Å². The molecule has 2 N–H and O–H groups in total. The monoisotopic (exact) mass is 350 g/mol. The number of nitrogens with zero attached hydrogens (tertiary/aromatic N) is 1. The fourth-order valence-electron chi connectivity index (χ4n) is 2.19. The zero-order chi connectivity index (χ0) is 18.8. The maximum Gasteiger partial charge on any atom is 0.524 e. The predicted octanol–water partition coefficient (Wildman–Crippen LogP) is 1.86. The largest absolute Gasteiger partial charge is 0.524 e. The predicted molar refractivity (Wildman–Crippen MR) is 79.4 cm³/mol. The van der Waals surface area contributed by atoms with E-state index in [9.17, 15) is 22.8 Å². The number of hydrogen-bond acceptors (Lipinski definition) is 5. The number of amides is 1. The van der Waals surface area contributed by atoms with Gasteiger partial charge in [-0.25, -0.2) is 0 Å². The van der Waals surface area contributed by atoms with Crippen LogP contribution in [0.3, 0.4) is 0 Å². The van der Waals surface area contributed by atoms with Crippen LogP contribution in [-0.4, -0.2) is 47.1 Å². The van der Waals surface area contributed by atoms with Crippen molar-refractivity contribution < 1.29 is 32.2 Å². The molecule has 0 heterocycles. The first-order valence-electron chi connectivity index (χ1n) is 7.14. The van der Waals surface area contributed by atoms with Gasteiger partial charge in [0.25, 0.3) is 0 Å². The van der Waals surface area contributed by atoms with Gasteiger partial charge in [0.05, 0.1) is 6.04 Å². The highest BCUT2D eigenvalue weighted by molar-refractivity contribution is 5.81. The van der Waals surface area contributed by atoms with E-state index in [1.165, 1.54) is 18.2 Å². The molecule has 9 heteroatoms. The summed E-state index contributed by atoms with van der Waals surface area (Å²) in [4.78, 5) is 24.7. The molecule has 1 amide bonds. The maximum absolute atomic E-state index is 12.7. The summed E-state index contributed by atoms with van der Waals surface area (Å²) < 4.78 is 47.0. The molecule has 0 aromatic rings. The van der Waals surface area contributed by atoms with Crippen LogP contribution in [0.25, 0.3) is 0 Å². The highest BCUT2D eigenvalue weighted by Gasteiger charge is 2.47. The van der Waals surface area contributed by atoms with Crippen LogP contribution < -0.4 is 5.73 Å². The maximum atomic E-state index is 12.7. The van der Waals surface area contributed by atoms with Crippen molar-refractivity contribution in [1.29, 1.82) is 0 Å². The Morgan fingerprint density at radius 2 is 1.83 bits per heavy atom. The third-order valence-corrected chi connectivity index (χ3v) is 2.98. The molecule has 2 unspecified atom stereocenters. The van der Waals surface area contributed by atoms with Crippen LogP contribution >= 0.6 is 0 Å². The van der Waals surface area contributed by atoms with Crippen LogP contribution in [0, 0.1) is 0 Å². The van der Waals surface area contributed by atoms with E-state index < -0.39 is 42.2 Å². The number of rotatable bonds is 4. The second-order valence-corrected chi connectivity index (χ2v) is 6.32. The van der Waals surface area contributed by atoms with Crippen molar-refractivity contribution in [3.05, 3.63) is 24.3 Å². The molecular formula is C15H21F3N2O4. The fourth-order valence-corrected chi connectivity index (χ4v) is 2.19. The van der Waals surface area contributed by atoms with Crippen molar-refractivity contribution in [2.24, 2.45) is 5.73 Å². The molecule has 1 aliphatic rings. The van der Waals surface area contributed by atoms with E-state index in [0.717, 1.165) is 17.9 Å². The third-order valence-electron chi connectivity index (χ3n) is 2.98. The number of halogens is 3. The standard InChI is InChI=1S/C15H21F3N2O4/c1-10(21)20(9-12(22)23-13(2,3)4)11-7-5-6-8-14(11,19)24-15(16,17)18/h5-8,11H,9,19H2,1-4H3. The first kappa shape index (κ1) is 20.2. The number of esters is 1. The fraction of sp³-hybridized carbons (Fsp3) is 0.600. The Hall–Kier alpha value is -1.87. The summed E-state index contributed by atoms with van der Waals surface area (Å²) in [6.07, 6.45) is -0.0842. The molecule has 0 radical (unpaired) electrons. The molecule has 1 rings (SSSR count). The van der Waals surface area contributed by atoms with Crippen LogP contribution in [-0.2, 0) is 19.1 Å². The van der Waals surface area contributed by atoms with Crippen LogP contribution in [0.2, 0.25) is 0 Å². The van der Waals surface area contributed by atoms with E-state index in [4.69, 9.17) is 10.5 Å². The van der Waals surface area contributed by atoms with Gasteiger partial charge in [-0.2, -0.15) is 0 Å². The lowest BCUT2D eigenvalue weighted by molar-refractivity contribution is -0.362. The molecule has 2 atom stereocenters. The highest BCUT2D eigenvalue weighted by Crippen LogP contribution is 2.30. The number of allylic oxidation sites excluding steroid dienone is 2. The minimum Gasteiger partial charge on any atom is -0.459 e. The van der Waals surface area contributed by atoms with Crippen LogP contribution in [0.5, 0.6) is 0 Å². The van der Waals surface area contributed by atoms with E-state index in [1.54, 1.807) is 20.8 Å². The van der Waals surface area contributed by atoms with Gasteiger partial charge in [-0.1, -0.05) is 18.2 Å². The molecular weight excluding hydrogens is 329 g/mol. The van der Waals surface area contributed by atoms with Crippen molar-refractivity contribution in [3.8, 4) is 0 Å². The first-order valence-corrected chi connectivity index (χ1v) is 7.14. The molecule has 0 aromatic heterocycles. The number of alkyl halides is 3. The molecule has 1 aliphatic carbocycles. The molecule has 0 saturated carbocycles. The minimum absolute atomic E-state index is 0.560. The molecule has 24 heavy (non-hydrogen) atoms. The quantitative estimate of drug-likeness (QED) is 0.618.